The van der Waals surface area contributed by atoms with E-state index in [0.717, 1.165) is 18.5 Å². The minimum atomic E-state index is 0.631. The molecule has 2 aliphatic rings. The number of nitrogens with one attached hydrogen (secondary N) is 1. The van der Waals surface area contributed by atoms with E-state index in [1.165, 1.54) is 56.4 Å². The first-order valence-electron chi connectivity index (χ1n) is 8.76. The van der Waals surface area contributed by atoms with E-state index >= 15 is 0 Å². The number of hydrogen-bond donors (Lipinski definition) is 1. The van der Waals surface area contributed by atoms with Crippen molar-refractivity contribution in [3.8, 4) is 0 Å². The van der Waals surface area contributed by atoms with E-state index in [1.54, 1.807) is 0 Å². The predicted octanol–water partition coefficient (Wildman–Crippen LogP) is 3.77. The summed E-state index contributed by atoms with van der Waals surface area (Å²) in [5.41, 5.74) is 2.93. The maximum atomic E-state index is 3.56. The molecule has 0 spiro atoms. The van der Waals surface area contributed by atoms with Crippen molar-refractivity contribution in [3.63, 3.8) is 0 Å². The second-order valence-corrected chi connectivity index (χ2v) is 7.27. The molecular formula is C19H30N2. The van der Waals surface area contributed by atoms with Crippen LogP contribution in [0.1, 0.15) is 56.6 Å². The van der Waals surface area contributed by atoms with E-state index in [1.807, 2.05) is 0 Å². The van der Waals surface area contributed by atoms with Gasteiger partial charge in [0.2, 0.25) is 0 Å². The molecule has 2 fully saturated rings. The number of hydrogen-bond acceptors (Lipinski definition) is 2. The standard InChI is InChI=1S/C19H30N2/c1-15(2)18-7-5-16(6-8-18)13-21(19-9-10-19)14-17-4-3-11-20-12-17/h5-8,15,17,19-20H,3-4,9-14H2,1-2H3. The van der Waals surface area contributed by atoms with Gasteiger partial charge in [-0.2, -0.15) is 0 Å². The highest BCUT2D eigenvalue weighted by Gasteiger charge is 2.30. The second-order valence-electron chi connectivity index (χ2n) is 7.27. The average Bonchev–Trinajstić information content (AvgIpc) is 3.33. The molecule has 1 aliphatic carbocycles. The Morgan fingerprint density at radius 2 is 1.90 bits per heavy atom. The Morgan fingerprint density at radius 1 is 1.14 bits per heavy atom. The normalized spacial score (nSPS) is 23.0. The number of nitrogens with zero attached hydrogens (tertiary/aromatic N) is 1. The van der Waals surface area contributed by atoms with E-state index in [0.29, 0.717) is 5.92 Å². The first-order chi connectivity index (χ1) is 10.2. The SMILES string of the molecule is CC(C)c1ccc(CN(CC2CCCNC2)C2CC2)cc1. The first-order valence-corrected chi connectivity index (χ1v) is 8.76. The van der Waals surface area contributed by atoms with Gasteiger partial charge in [-0.3, -0.25) is 4.90 Å². The van der Waals surface area contributed by atoms with Gasteiger partial charge >= 0.3 is 0 Å². The summed E-state index contributed by atoms with van der Waals surface area (Å²) in [5, 5.41) is 3.56. The highest BCUT2D eigenvalue weighted by Crippen LogP contribution is 2.30. The molecule has 0 amide bonds. The van der Waals surface area contributed by atoms with Gasteiger partial charge in [0.15, 0.2) is 0 Å². The van der Waals surface area contributed by atoms with Crippen LogP contribution in [0.4, 0.5) is 0 Å². The van der Waals surface area contributed by atoms with Crippen molar-refractivity contribution in [2.24, 2.45) is 5.92 Å². The van der Waals surface area contributed by atoms with Crippen LogP contribution in [0.25, 0.3) is 0 Å². The van der Waals surface area contributed by atoms with E-state index < -0.39 is 0 Å². The van der Waals surface area contributed by atoms with Crippen LogP contribution < -0.4 is 5.32 Å². The fraction of sp³-hybridized carbons (Fsp3) is 0.684. The van der Waals surface area contributed by atoms with Crippen LogP contribution in [-0.4, -0.2) is 30.6 Å². The fourth-order valence-corrected chi connectivity index (χ4v) is 3.44. The minimum absolute atomic E-state index is 0.631. The minimum Gasteiger partial charge on any atom is -0.316 e. The quantitative estimate of drug-likeness (QED) is 0.856. The molecule has 1 aromatic carbocycles. The van der Waals surface area contributed by atoms with Gasteiger partial charge in [0.05, 0.1) is 0 Å². The summed E-state index contributed by atoms with van der Waals surface area (Å²) >= 11 is 0. The van der Waals surface area contributed by atoms with Crippen LogP contribution in [-0.2, 0) is 6.54 Å². The fourth-order valence-electron chi connectivity index (χ4n) is 3.44. The zero-order valence-corrected chi connectivity index (χ0v) is 13.6. The van der Waals surface area contributed by atoms with Gasteiger partial charge in [0.25, 0.3) is 0 Å². The Hall–Kier alpha value is -0.860. The van der Waals surface area contributed by atoms with Crippen molar-refractivity contribution < 1.29 is 0 Å². The summed E-state index contributed by atoms with van der Waals surface area (Å²) in [6, 6.07) is 10.2. The molecule has 2 nitrogen and oxygen atoms in total. The molecule has 1 atom stereocenters. The zero-order valence-electron chi connectivity index (χ0n) is 13.6. The molecule has 0 aromatic heterocycles. The van der Waals surface area contributed by atoms with Gasteiger partial charge in [0, 0.05) is 19.1 Å². The third-order valence-electron chi connectivity index (χ3n) is 4.99. The molecule has 116 valence electrons. The molecular weight excluding hydrogens is 256 g/mol. The van der Waals surface area contributed by atoms with Crippen molar-refractivity contribution in [3.05, 3.63) is 35.4 Å². The summed E-state index contributed by atoms with van der Waals surface area (Å²) in [6.45, 7) is 9.39. The lowest BCUT2D eigenvalue weighted by atomic mass is 9.98. The van der Waals surface area contributed by atoms with Crippen molar-refractivity contribution in [1.82, 2.24) is 10.2 Å². The number of piperidine rings is 1. The molecule has 1 heterocycles. The van der Waals surface area contributed by atoms with Crippen LogP contribution in [0, 0.1) is 5.92 Å². The number of benzene rings is 1. The molecule has 2 heteroatoms. The Morgan fingerprint density at radius 3 is 2.48 bits per heavy atom. The molecule has 0 radical (unpaired) electrons. The van der Waals surface area contributed by atoms with Crippen LogP contribution >= 0.6 is 0 Å². The zero-order chi connectivity index (χ0) is 14.7. The lowest BCUT2D eigenvalue weighted by Crippen LogP contribution is -2.39. The van der Waals surface area contributed by atoms with Crippen LogP contribution in [0.15, 0.2) is 24.3 Å². The topological polar surface area (TPSA) is 15.3 Å². The van der Waals surface area contributed by atoms with Gasteiger partial charge < -0.3 is 5.32 Å². The molecule has 1 aromatic rings. The van der Waals surface area contributed by atoms with Crippen molar-refractivity contribution >= 4 is 0 Å². The Balaban J connectivity index is 1.59. The van der Waals surface area contributed by atoms with E-state index in [9.17, 15) is 0 Å². The molecule has 1 aliphatic heterocycles. The van der Waals surface area contributed by atoms with Gasteiger partial charge in [-0.1, -0.05) is 38.1 Å². The number of rotatable bonds is 6. The summed E-state index contributed by atoms with van der Waals surface area (Å²) in [5.74, 6) is 1.49. The van der Waals surface area contributed by atoms with Gasteiger partial charge in [-0.15, -0.1) is 0 Å². The van der Waals surface area contributed by atoms with E-state index in [-0.39, 0.29) is 0 Å². The molecule has 1 N–H and O–H groups in total. The van der Waals surface area contributed by atoms with Crippen molar-refractivity contribution in [1.29, 1.82) is 0 Å². The maximum absolute atomic E-state index is 3.56. The smallest absolute Gasteiger partial charge is 0.0236 e. The molecule has 1 unspecified atom stereocenters. The Labute approximate surface area is 129 Å². The Kier molecular flexibility index (Phi) is 4.97. The molecule has 21 heavy (non-hydrogen) atoms. The molecule has 1 saturated heterocycles. The van der Waals surface area contributed by atoms with Gasteiger partial charge in [-0.25, -0.2) is 0 Å². The lowest BCUT2D eigenvalue weighted by Gasteiger charge is -2.30. The van der Waals surface area contributed by atoms with Crippen molar-refractivity contribution in [2.75, 3.05) is 19.6 Å². The third-order valence-corrected chi connectivity index (χ3v) is 4.99. The van der Waals surface area contributed by atoms with E-state index in [2.05, 4.69) is 48.3 Å². The molecule has 3 rings (SSSR count). The monoisotopic (exact) mass is 286 g/mol. The van der Waals surface area contributed by atoms with Crippen LogP contribution in [0.3, 0.4) is 0 Å². The third kappa shape index (κ3) is 4.31. The second kappa shape index (κ2) is 6.93. The summed E-state index contributed by atoms with van der Waals surface area (Å²) in [6.07, 6.45) is 5.57. The summed E-state index contributed by atoms with van der Waals surface area (Å²) in [7, 11) is 0. The molecule has 0 bridgehead atoms. The van der Waals surface area contributed by atoms with Crippen LogP contribution in [0.2, 0.25) is 0 Å². The average molecular weight is 286 g/mol. The highest BCUT2D eigenvalue weighted by atomic mass is 15.2. The highest BCUT2D eigenvalue weighted by molar-refractivity contribution is 5.24. The molecule has 1 saturated carbocycles. The van der Waals surface area contributed by atoms with Gasteiger partial charge in [0.1, 0.15) is 0 Å². The Bertz CT molecular complexity index is 427. The first kappa shape index (κ1) is 15.1. The van der Waals surface area contributed by atoms with Crippen molar-refractivity contribution in [2.45, 2.75) is 58.0 Å². The van der Waals surface area contributed by atoms with E-state index in [4.69, 9.17) is 0 Å². The summed E-state index contributed by atoms with van der Waals surface area (Å²) in [4.78, 5) is 2.74. The van der Waals surface area contributed by atoms with Crippen LogP contribution in [0.5, 0.6) is 0 Å². The predicted molar refractivity (Wildman–Crippen MR) is 89.6 cm³/mol. The maximum Gasteiger partial charge on any atom is 0.0236 e. The summed E-state index contributed by atoms with van der Waals surface area (Å²) < 4.78 is 0. The lowest BCUT2D eigenvalue weighted by molar-refractivity contribution is 0.193. The largest absolute Gasteiger partial charge is 0.316 e. The van der Waals surface area contributed by atoms with Gasteiger partial charge in [-0.05, 0) is 61.7 Å².